The smallest absolute Gasteiger partial charge is 0.241 e. The topological polar surface area (TPSA) is 66.0 Å². The Morgan fingerprint density at radius 3 is 2.64 bits per heavy atom. The number of amides is 1. The van der Waals surface area contributed by atoms with Gasteiger partial charge in [-0.15, -0.1) is 24.0 Å². The van der Waals surface area contributed by atoms with Gasteiger partial charge < -0.3 is 20.3 Å². The third kappa shape index (κ3) is 8.37. The van der Waals surface area contributed by atoms with Crippen molar-refractivity contribution in [2.24, 2.45) is 4.99 Å². The molecule has 1 aromatic carbocycles. The number of hydrogen-bond donors (Lipinski definition) is 2. The molecule has 140 valence electrons. The lowest BCUT2D eigenvalue weighted by molar-refractivity contribution is -0.127. The highest BCUT2D eigenvalue weighted by Gasteiger charge is 2.16. The molecule has 1 fully saturated rings. The average molecular weight is 525 g/mol. The van der Waals surface area contributed by atoms with Gasteiger partial charge in [0.2, 0.25) is 5.91 Å². The quantitative estimate of drug-likeness (QED) is 0.340. The zero-order chi connectivity index (χ0) is 17.4. The molecular formula is C17H26BrIN4O2. The molecule has 0 aromatic heterocycles. The molecule has 0 radical (unpaired) electrons. The molecule has 0 saturated carbocycles. The van der Waals surface area contributed by atoms with Gasteiger partial charge in [-0.05, 0) is 30.5 Å². The fraction of sp³-hybridized carbons (Fsp3) is 0.529. The van der Waals surface area contributed by atoms with Crippen LogP contribution in [0.4, 0.5) is 0 Å². The van der Waals surface area contributed by atoms with E-state index in [-0.39, 0.29) is 42.5 Å². The van der Waals surface area contributed by atoms with Gasteiger partial charge in [-0.25, -0.2) is 4.99 Å². The van der Waals surface area contributed by atoms with Crippen molar-refractivity contribution in [1.29, 1.82) is 0 Å². The minimum atomic E-state index is 0. The van der Waals surface area contributed by atoms with E-state index in [0.29, 0.717) is 19.0 Å². The molecule has 1 aliphatic heterocycles. The van der Waals surface area contributed by atoms with Gasteiger partial charge in [0.1, 0.15) is 0 Å². The molecule has 1 saturated heterocycles. The molecule has 0 bridgehead atoms. The Kier molecular flexibility index (Phi) is 10.4. The summed E-state index contributed by atoms with van der Waals surface area (Å²) in [6.07, 6.45) is 2.38. The molecule has 1 amide bonds. The number of guanidine groups is 1. The second kappa shape index (κ2) is 11.7. The van der Waals surface area contributed by atoms with Crippen LogP contribution in [0, 0.1) is 0 Å². The third-order valence-corrected chi connectivity index (χ3v) is 4.29. The van der Waals surface area contributed by atoms with E-state index < -0.39 is 0 Å². The van der Waals surface area contributed by atoms with Crippen LogP contribution in [0.2, 0.25) is 0 Å². The Hall–Kier alpha value is -0.870. The van der Waals surface area contributed by atoms with Crippen LogP contribution >= 0.6 is 39.9 Å². The number of nitrogens with zero attached hydrogens (tertiary/aromatic N) is 2. The summed E-state index contributed by atoms with van der Waals surface area (Å²) in [6, 6.07) is 8.03. The Morgan fingerprint density at radius 2 is 2.04 bits per heavy atom. The van der Waals surface area contributed by atoms with E-state index in [0.717, 1.165) is 29.5 Å². The summed E-state index contributed by atoms with van der Waals surface area (Å²) in [7, 11) is 3.48. The highest BCUT2D eigenvalue weighted by Crippen LogP contribution is 2.12. The molecular weight excluding hydrogens is 499 g/mol. The standard InChI is InChI=1S/C17H25BrN4O2.HI/c1-22(2)16(23)12-21-17(20-11-15-4-3-9-24-15)19-10-13-5-7-14(18)8-6-13;/h5-8,15H,3-4,9-12H2,1-2H3,(H2,19,20,21);1H. The van der Waals surface area contributed by atoms with Crippen molar-refractivity contribution in [3.05, 3.63) is 34.3 Å². The van der Waals surface area contributed by atoms with Crippen molar-refractivity contribution in [1.82, 2.24) is 15.5 Å². The van der Waals surface area contributed by atoms with Crippen molar-refractivity contribution in [3.8, 4) is 0 Å². The molecule has 1 aromatic rings. The predicted octanol–water partition coefficient (Wildman–Crippen LogP) is 2.37. The molecule has 2 N–H and O–H groups in total. The number of aliphatic imine (C=N–C) groups is 1. The number of benzene rings is 1. The SMILES string of the molecule is CN(C)C(=O)CNC(=NCc1ccc(Br)cc1)NCC1CCCO1.I. The van der Waals surface area contributed by atoms with E-state index in [9.17, 15) is 4.79 Å². The summed E-state index contributed by atoms with van der Waals surface area (Å²) in [5, 5.41) is 6.36. The Bertz CT molecular complexity index is 560. The van der Waals surface area contributed by atoms with Crippen LogP contribution in [0.1, 0.15) is 18.4 Å². The molecule has 0 aliphatic carbocycles. The van der Waals surface area contributed by atoms with Crippen LogP contribution in [0.15, 0.2) is 33.7 Å². The van der Waals surface area contributed by atoms with Gasteiger partial charge in [0, 0.05) is 31.7 Å². The molecule has 8 heteroatoms. The molecule has 1 atom stereocenters. The molecule has 2 rings (SSSR count). The maximum absolute atomic E-state index is 11.8. The number of nitrogens with one attached hydrogen (secondary N) is 2. The van der Waals surface area contributed by atoms with E-state index in [4.69, 9.17) is 4.74 Å². The summed E-state index contributed by atoms with van der Waals surface area (Å²) >= 11 is 3.43. The number of carbonyl (C=O) groups is 1. The minimum Gasteiger partial charge on any atom is -0.376 e. The fourth-order valence-corrected chi connectivity index (χ4v) is 2.53. The van der Waals surface area contributed by atoms with Crippen LogP contribution in [-0.2, 0) is 16.1 Å². The van der Waals surface area contributed by atoms with Gasteiger partial charge in [0.05, 0.1) is 19.2 Å². The number of ether oxygens (including phenoxy) is 1. The van der Waals surface area contributed by atoms with Crippen molar-refractivity contribution in [2.45, 2.75) is 25.5 Å². The zero-order valence-electron chi connectivity index (χ0n) is 14.6. The first-order valence-corrected chi connectivity index (χ1v) is 8.92. The van der Waals surface area contributed by atoms with Crippen LogP contribution in [0.25, 0.3) is 0 Å². The van der Waals surface area contributed by atoms with Crippen LogP contribution in [0.5, 0.6) is 0 Å². The maximum Gasteiger partial charge on any atom is 0.241 e. The number of hydrogen-bond acceptors (Lipinski definition) is 3. The van der Waals surface area contributed by atoms with Crippen LogP contribution in [0.3, 0.4) is 0 Å². The predicted molar refractivity (Wildman–Crippen MR) is 114 cm³/mol. The lowest BCUT2D eigenvalue weighted by Gasteiger charge is -2.17. The largest absolute Gasteiger partial charge is 0.376 e. The number of carbonyl (C=O) groups excluding carboxylic acids is 1. The number of halogens is 2. The van der Waals surface area contributed by atoms with Crippen molar-refractivity contribution >= 4 is 51.8 Å². The second-order valence-electron chi connectivity index (χ2n) is 5.95. The van der Waals surface area contributed by atoms with Crippen LogP contribution in [-0.4, -0.2) is 56.7 Å². The third-order valence-electron chi connectivity index (χ3n) is 3.76. The Morgan fingerprint density at radius 1 is 1.32 bits per heavy atom. The van der Waals surface area contributed by atoms with Gasteiger partial charge in [-0.2, -0.15) is 0 Å². The first kappa shape index (κ1) is 22.2. The second-order valence-corrected chi connectivity index (χ2v) is 6.86. The summed E-state index contributed by atoms with van der Waals surface area (Å²) in [5.41, 5.74) is 1.11. The number of likely N-dealkylation sites (N-methyl/N-ethyl adjacent to an activating group) is 1. The normalized spacial score (nSPS) is 16.9. The lowest BCUT2D eigenvalue weighted by Crippen LogP contribution is -2.45. The molecule has 25 heavy (non-hydrogen) atoms. The first-order valence-electron chi connectivity index (χ1n) is 8.13. The van der Waals surface area contributed by atoms with Crippen molar-refractivity contribution < 1.29 is 9.53 Å². The molecule has 1 heterocycles. The van der Waals surface area contributed by atoms with E-state index >= 15 is 0 Å². The van der Waals surface area contributed by atoms with Gasteiger partial charge in [-0.1, -0.05) is 28.1 Å². The Labute approximate surface area is 174 Å². The fourth-order valence-electron chi connectivity index (χ4n) is 2.27. The average Bonchev–Trinajstić information content (AvgIpc) is 3.08. The first-order chi connectivity index (χ1) is 11.5. The minimum absolute atomic E-state index is 0. The van der Waals surface area contributed by atoms with Gasteiger partial charge >= 0.3 is 0 Å². The summed E-state index contributed by atoms with van der Waals surface area (Å²) in [5.74, 6) is 0.633. The van der Waals surface area contributed by atoms with E-state index in [1.807, 2.05) is 24.3 Å². The molecule has 6 nitrogen and oxygen atoms in total. The summed E-state index contributed by atoms with van der Waals surface area (Å²) < 4.78 is 6.66. The van der Waals surface area contributed by atoms with Crippen LogP contribution < -0.4 is 10.6 Å². The lowest BCUT2D eigenvalue weighted by atomic mass is 10.2. The molecule has 0 spiro atoms. The van der Waals surface area contributed by atoms with Gasteiger partial charge in [0.25, 0.3) is 0 Å². The molecule has 1 unspecified atom stereocenters. The monoisotopic (exact) mass is 524 g/mol. The van der Waals surface area contributed by atoms with Gasteiger partial charge in [0.15, 0.2) is 5.96 Å². The van der Waals surface area contributed by atoms with Crippen molar-refractivity contribution in [2.75, 3.05) is 33.8 Å². The van der Waals surface area contributed by atoms with E-state index in [2.05, 4.69) is 31.6 Å². The molecule has 1 aliphatic rings. The number of rotatable bonds is 6. The summed E-state index contributed by atoms with van der Waals surface area (Å²) in [4.78, 5) is 17.9. The highest BCUT2D eigenvalue weighted by molar-refractivity contribution is 14.0. The van der Waals surface area contributed by atoms with Gasteiger partial charge in [-0.3, -0.25) is 4.79 Å². The van der Waals surface area contributed by atoms with Crippen molar-refractivity contribution in [3.63, 3.8) is 0 Å². The summed E-state index contributed by atoms with van der Waals surface area (Å²) in [6.45, 7) is 2.28. The highest BCUT2D eigenvalue weighted by atomic mass is 127. The zero-order valence-corrected chi connectivity index (χ0v) is 18.5. The van der Waals surface area contributed by atoms with E-state index in [1.54, 1.807) is 19.0 Å². The Balaban J connectivity index is 0.00000312. The maximum atomic E-state index is 11.8. The van der Waals surface area contributed by atoms with E-state index in [1.165, 1.54) is 0 Å².